The molecule has 1 fully saturated rings. The molecule has 0 aromatic heterocycles. The van der Waals surface area contributed by atoms with Gasteiger partial charge in [-0.3, -0.25) is 18.6 Å². The molecule has 2 aromatic rings. The molecule has 0 saturated heterocycles. The summed E-state index contributed by atoms with van der Waals surface area (Å²) in [5, 5.41) is 14.2. The number of nitrogens with zero attached hydrogens (tertiary/aromatic N) is 1. The number of nitrogens with one attached hydrogen (secondary N) is 2. The van der Waals surface area contributed by atoms with Crippen molar-refractivity contribution >= 4 is 49.6 Å². The van der Waals surface area contributed by atoms with Crippen LogP contribution in [0.2, 0.25) is 0 Å². The molecular weight excluding hydrogens is 526 g/mol. The smallest absolute Gasteiger partial charge is 0.229 e. The zero-order chi connectivity index (χ0) is 27.3. The first kappa shape index (κ1) is 26.5. The number of Topliss-reactive ketones (excluding diaryl/α,β-unsaturated/α-hetero) is 1. The number of benzene rings is 2. The van der Waals surface area contributed by atoms with Crippen LogP contribution in [0.25, 0.3) is 5.76 Å². The van der Waals surface area contributed by atoms with Crippen LogP contribution >= 0.6 is 10.8 Å². The van der Waals surface area contributed by atoms with E-state index in [1.807, 2.05) is 19.1 Å². The first-order valence-corrected chi connectivity index (χ1v) is 15.8. The predicted octanol–water partition coefficient (Wildman–Crippen LogP) is 6.00. The van der Waals surface area contributed by atoms with Crippen molar-refractivity contribution in [2.24, 2.45) is 4.40 Å². The number of anilines is 2. The summed E-state index contributed by atoms with van der Waals surface area (Å²) in [6.07, 6.45) is 9.09. The lowest BCUT2D eigenvalue weighted by molar-refractivity contribution is -0.120. The molecule has 202 valence electrons. The third kappa shape index (κ3) is 4.86. The van der Waals surface area contributed by atoms with Gasteiger partial charge in [-0.25, -0.2) is 8.42 Å². The minimum atomic E-state index is -3.83. The van der Waals surface area contributed by atoms with E-state index in [9.17, 15) is 27.4 Å². The molecule has 1 atom stereocenters. The quantitative estimate of drug-likeness (QED) is 0.283. The SMILES string of the molecule is CC1(CC=C2CCCCC2)C(=O)C(C2=NS(O)(O)c3cc(NS(C)(=O)=O)ccc3N2)=C(O)c2ccccc21. The van der Waals surface area contributed by atoms with Crippen molar-refractivity contribution in [3.63, 3.8) is 0 Å². The maximum absolute atomic E-state index is 14.1. The molecule has 11 heteroatoms. The topological polar surface area (TPSA) is 148 Å². The summed E-state index contributed by atoms with van der Waals surface area (Å²) in [6, 6.07) is 11.4. The van der Waals surface area contributed by atoms with Crippen molar-refractivity contribution in [3.8, 4) is 0 Å². The number of fused-ring (bicyclic) bond motifs is 2. The molecule has 1 heterocycles. The average Bonchev–Trinajstić information content (AvgIpc) is 2.86. The van der Waals surface area contributed by atoms with Gasteiger partial charge in [-0.05, 0) is 62.8 Å². The summed E-state index contributed by atoms with van der Waals surface area (Å²) in [5.74, 6) is -0.801. The highest BCUT2D eigenvalue weighted by Gasteiger charge is 2.46. The van der Waals surface area contributed by atoms with Crippen molar-refractivity contribution in [1.29, 1.82) is 0 Å². The lowest BCUT2D eigenvalue weighted by Gasteiger charge is -2.38. The van der Waals surface area contributed by atoms with Crippen LogP contribution in [-0.2, 0) is 20.2 Å². The van der Waals surface area contributed by atoms with Crippen molar-refractivity contribution < 1.29 is 27.4 Å². The van der Waals surface area contributed by atoms with E-state index in [0.717, 1.165) is 31.9 Å². The normalized spacial score (nSPS) is 23.5. The fourth-order valence-electron chi connectivity index (χ4n) is 5.36. The second kappa shape index (κ2) is 9.57. The number of rotatable bonds is 5. The Bertz CT molecular complexity index is 1520. The highest BCUT2D eigenvalue weighted by Crippen LogP contribution is 2.57. The average molecular weight is 558 g/mol. The van der Waals surface area contributed by atoms with Gasteiger partial charge in [0.2, 0.25) is 10.0 Å². The zero-order valence-electron chi connectivity index (χ0n) is 21.2. The van der Waals surface area contributed by atoms with Crippen LogP contribution in [0.3, 0.4) is 0 Å². The van der Waals surface area contributed by atoms with Crippen molar-refractivity contribution in [1.82, 2.24) is 0 Å². The molecule has 2 aromatic carbocycles. The number of sulfonamides is 1. The lowest BCUT2D eigenvalue weighted by Crippen LogP contribution is -2.42. The second-order valence-corrected chi connectivity index (χ2v) is 13.6. The van der Waals surface area contributed by atoms with E-state index in [1.54, 1.807) is 12.1 Å². The standard InChI is InChI=1S/C27H31N3O6S2/c1-27(15-14-17-8-4-3-5-9-17)20-11-7-6-10-19(20)24(31)23(25(27)32)26-28-21-13-12-18(29-37(2,33)34)16-22(21)38(35,36)30-26/h6-7,10-14,16,29,31,35-36H,3-5,8-9,15H2,1-2H3,(H,28,30). The zero-order valence-corrected chi connectivity index (χ0v) is 22.8. The molecular formula is C27H31N3O6S2. The molecule has 0 radical (unpaired) electrons. The first-order valence-electron chi connectivity index (χ1n) is 12.4. The second-order valence-electron chi connectivity index (χ2n) is 10.2. The van der Waals surface area contributed by atoms with Crippen molar-refractivity contribution in [2.45, 2.75) is 55.8 Å². The molecule has 9 nitrogen and oxygen atoms in total. The highest BCUT2D eigenvalue weighted by atomic mass is 32.3. The summed E-state index contributed by atoms with van der Waals surface area (Å²) in [6.45, 7) is 1.85. The maximum Gasteiger partial charge on any atom is 0.229 e. The molecule has 1 saturated carbocycles. The van der Waals surface area contributed by atoms with E-state index >= 15 is 0 Å². The number of allylic oxidation sites excluding steroid dienone is 2. The first-order chi connectivity index (χ1) is 17.9. The van der Waals surface area contributed by atoms with Gasteiger partial charge < -0.3 is 10.4 Å². The van der Waals surface area contributed by atoms with E-state index in [2.05, 4.69) is 20.5 Å². The fourth-order valence-corrected chi connectivity index (χ4v) is 7.10. The van der Waals surface area contributed by atoms with E-state index < -0.39 is 26.2 Å². The molecule has 5 N–H and O–H groups in total. The van der Waals surface area contributed by atoms with Gasteiger partial charge in [-0.1, -0.05) is 53.1 Å². The van der Waals surface area contributed by atoms with Gasteiger partial charge in [0.15, 0.2) is 11.6 Å². The van der Waals surface area contributed by atoms with Crippen LogP contribution in [-0.4, -0.2) is 40.5 Å². The van der Waals surface area contributed by atoms with Gasteiger partial charge in [0.1, 0.15) is 16.2 Å². The number of aliphatic hydroxyl groups is 1. The van der Waals surface area contributed by atoms with Crippen LogP contribution in [0.4, 0.5) is 11.4 Å². The molecule has 0 bridgehead atoms. The number of hydrogen-bond acceptors (Lipinski definition) is 8. The Kier molecular flexibility index (Phi) is 6.67. The molecule has 5 rings (SSSR count). The van der Waals surface area contributed by atoms with Crippen LogP contribution in [0.15, 0.2) is 69.0 Å². The van der Waals surface area contributed by atoms with Crippen molar-refractivity contribution in [2.75, 3.05) is 16.3 Å². The third-order valence-corrected chi connectivity index (χ3v) is 9.30. The fraction of sp³-hybridized carbons (Fsp3) is 0.333. The summed E-state index contributed by atoms with van der Waals surface area (Å²) in [7, 11) is -7.42. The van der Waals surface area contributed by atoms with E-state index in [1.165, 1.54) is 30.2 Å². The molecule has 0 amide bonds. The maximum atomic E-state index is 14.1. The number of ketones is 1. The van der Waals surface area contributed by atoms with Gasteiger partial charge in [0, 0.05) is 5.56 Å². The van der Waals surface area contributed by atoms with Gasteiger partial charge >= 0.3 is 0 Å². The third-order valence-electron chi connectivity index (χ3n) is 7.32. The van der Waals surface area contributed by atoms with Gasteiger partial charge in [0.05, 0.1) is 23.0 Å². The Hall–Kier alpha value is -3.12. The Morgan fingerprint density at radius 2 is 1.84 bits per heavy atom. The van der Waals surface area contributed by atoms with E-state index in [0.29, 0.717) is 17.5 Å². The van der Waals surface area contributed by atoms with Crippen LogP contribution in [0.5, 0.6) is 0 Å². The number of aliphatic hydroxyl groups excluding tert-OH is 1. The Morgan fingerprint density at radius 3 is 2.55 bits per heavy atom. The van der Waals surface area contributed by atoms with Gasteiger partial charge in [-0.15, -0.1) is 4.40 Å². The molecule has 1 aliphatic heterocycles. The Balaban J connectivity index is 1.57. The number of amidine groups is 1. The molecule has 0 spiro atoms. The monoisotopic (exact) mass is 557 g/mol. The largest absolute Gasteiger partial charge is 0.506 e. The number of hydrogen-bond donors (Lipinski definition) is 5. The number of carbonyl (C=O) groups is 1. The van der Waals surface area contributed by atoms with Crippen LogP contribution < -0.4 is 10.0 Å². The summed E-state index contributed by atoms with van der Waals surface area (Å²) < 4.78 is 51.5. The Labute approximate surface area is 223 Å². The van der Waals surface area contributed by atoms with Crippen LogP contribution in [0.1, 0.15) is 56.6 Å². The van der Waals surface area contributed by atoms with Crippen LogP contribution in [0, 0.1) is 0 Å². The van der Waals surface area contributed by atoms with Gasteiger partial charge in [0.25, 0.3) is 0 Å². The summed E-state index contributed by atoms with van der Waals surface area (Å²) in [5.41, 5.74) is 1.80. The Morgan fingerprint density at radius 1 is 1.13 bits per heavy atom. The molecule has 3 aliphatic rings. The number of carbonyl (C=O) groups excluding carboxylic acids is 1. The van der Waals surface area contributed by atoms with E-state index in [-0.39, 0.29) is 39.2 Å². The predicted molar refractivity (Wildman–Crippen MR) is 151 cm³/mol. The lowest BCUT2D eigenvalue weighted by atomic mass is 9.67. The summed E-state index contributed by atoms with van der Waals surface area (Å²) >= 11 is 0. The summed E-state index contributed by atoms with van der Waals surface area (Å²) in [4.78, 5) is 14.1. The molecule has 38 heavy (non-hydrogen) atoms. The minimum Gasteiger partial charge on any atom is -0.506 e. The minimum absolute atomic E-state index is 0.0246. The van der Waals surface area contributed by atoms with Crippen molar-refractivity contribution in [3.05, 3.63) is 70.8 Å². The molecule has 2 aliphatic carbocycles. The van der Waals surface area contributed by atoms with E-state index in [4.69, 9.17) is 0 Å². The van der Waals surface area contributed by atoms with Gasteiger partial charge in [-0.2, -0.15) is 0 Å². The highest BCUT2D eigenvalue weighted by molar-refractivity contribution is 8.23. The molecule has 1 unspecified atom stereocenters.